The Bertz CT molecular complexity index is 841. The number of carbonyl (C=O) groups excluding carboxylic acids is 1. The topological polar surface area (TPSA) is 57.7 Å². The first kappa shape index (κ1) is 19.1. The van der Waals surface area contributed by atoms with Crippen LogP contribution in [0.2, 0.25) is 0 Å². The van der Waals surface area contributed by atoms with Crippen molar-refractivity contribution in [1.29, 1.82) is 0 Å². The lowest BCUT2D eigenvalue weighted by molar-refractivity contribution is -0.129. The Balaban J connectivity index is 1.63. The SMILES string of the molecule is CN(Cc1ccccc1)C(=O)Cc1ccc(S(=O)(=O)N2CCCCC2)s1. The van der Waals surface area contributed by atoms with E-state index in [9.17, 15) is 13.2 Å². The quantitative estimate of drug-likeness (QED) is 0.759. The van der Waals surface area contributed by atoms with Crippen molar-refractivity contribution in [3.63, 3.8) is 0 Å². The molecule has 0 N–H and O–H groups in total. The van der Waals surface area contributed by atoms with E-state index >= 15 is 0 Å². The van der Waals surface area contributed by atoms with Crippen LogP contribution in [0.4, 0.5) is 0 Å². The minimum Gasteiger partial charge on any atom is -0.341 e. The van der Waals surface area contributed by atoms with E-state index in [2.05, 4.69) is 0 Å². The van der Waals surface area contributed by atoms with Gasteiger partial charge >= 0.3 is 0 Å². The highest BCUT2D eigenvalue weighted by atomic mass is 32.2. The van der Waals surface area contributed by atoms with Crippen molar-refractivity contribution >= 4 is 27.3 Å². The van der Waals surface area contributed by atoms with E-state index in [1.165, 1.54) is 11.3 Å². The number of sulfonamides is 1. The molecule has 1 aromatic heterocycles. The molecule has 1 aliphatic rings. The molecule has 0 aliphatic carbocycles. The van der Waals surface area contributed by atoms with Gasteiger partial charge in [0.15, 0.2) is 0 Å². The maximum Gasteiger partial charge on any atom is 0.252 e. The molecule has 140 valence electrons. The molecule has 0 bridgehead atoms. The van der Waals surface area contributed by atoms with Crippen LogP contribution >= 0.6 is 11.3 Å². The summed E-state index contributed by atoms with van der Waals surface area (Å²) < 4.78 is 27.3. The van der Waals surface area contributed by atoms with Gasteiger partial charge in [-0.2, -0.15) is 4.31 Å². The van der Waals surface area contributed by atoms with Crippen molar-refractivity contribution in [2.24, 2.45) is 0 Å². The smallest absolute Gasteiger partial charge is 0.252 e. The Kier molecular flexibility index (Phi) is 6.11. The highest BCUT2D eigenvalue weighted by Crippen LogP contribution is 2.27. The Morgan fingerprint density at radius 3 is 2.46 bits per heavy atom. The zero-order valence-corrected chi connectivity index (χ0v) is 16.6. The Labute approximate surface area is 159 Å². The molecule has 7 heteroatoms. The Morgan fingerprint density at radius 2 is 1.77 bits per heavy atom. The van der Waals surface area contributed by atoms with Crippen molar-refractivity contribution in [1.82, 2.24) is 9.21 Å². The van der Waals surface area contributed by atoms with Gasteiger partial charge in [-0.05, 0) is 30.5 Å². The first-order valence-corrected chi connectivity index (χ1v) is 11.1. The number of carbonyl (C=O) groups is 1. The van der Waals surface area contributed by atoms with E-state index in [-0.39, 0.29) is 12.3 Å². The van der Waals surface area contributed by atoms with Crippen LogP contribution in [0.15, 0.2) is 46.7 Å². The van der Waals surface area contributed by atoms with Crippen LogP contribution in [0, 0.1) is 0 Å². The lowest BCUT2D eigenvalue weighted by Crippen LogP contribution is -2.35. The van der Waals surface area contributed by atoms with Crippen LogP contribution in [-0.4, -0.2) is 43.7 Å². The van der Waals surface area contributed by atoms with Gasteiger partial charge in [0, 0.05) is 31.6 Å². The molecule has 1 saturated heterocycles. The molecule has 2 heterocycles. The van der Waals surface area contributed by atoms with Gasteiger partial charge in [-0.3, -0.25) is 4.79 Å². The first-order chi connectivity index (χ1) is 12.5. The summed E-state index contributed by atoms with van der Waals surface area (Å²) in [6.07, 6.45) is 3.15. The average Bonchev–Trinajstić information content (AvgIpc) is 3.12. The second-order valence-electron chi connectivity index (χ2n) is 6.60. The van der Waals surface area contributed by atoms with Crippen molar-refractivity contribution < 1.29 is 13.2 Å². The molecule has 26 heavy (non-hydrogen) atoms. The predicted molar refractivity (Wildman–Crippen MR) is 104 cm³/mol. The molecule has 1 amide bonds. The van der Waals surface area contributed by atoms with Crippen LogP contribution in [0.1, 0.15) is 29.7 Å². The molecule has 0 spiro atoms. The zero-order chi connectivity index (χ0) is 18.6. The highest BCUT2D eigenvalue weighted by molar-refractivity contribution is 7.91. The lowest BCUT2D eigenvalue weighted by Gasteiger charge is -2.25. The summed E-state index contributed by atoms with van der Waals surface area (Å²) in [5.41, 5.74) is 1.07. The number of hydrogen-bond acceptors (Lipinski definition) is 4. The first-order valence-electron chi connectivity index (χ1n) is 8.83. The average molecular weight is 393 g/mol. The summed E-state index contributed by atoms with van der Waals surface area (Å²) in [5.74, 6) is -0.0161. The standard InChI is InChI=1S/C19H24N2O3S2/c1-20(15-16-8-4-2-5-9-16)18(22)14-17-10-11-19(25-17)26(23,24)21-12-6-3-7-13-21/h2,4-5,8-11H,3,6-7,12-15H2,1H3. The summed E-state index contributed by atoms with van der Waals surface area (Å²) in [6, 6.07) is 13.2. The second kappa shape index (κ2) is 8.33. The van der Waals surface area contributed by atoms with E-state index in [0.29, 0.717) is 23.8 Å². The van der Waals surface area contributed by atoms with Gasteiger partial charge in [-0.25, -0.2) is 8.42 Å². The van der Waals surface area contributed by atoms with Crippen LogP contribution in [-0.2, 0) is 27.8 Å². The van der Waals surface area contributed by atoms with Crippen LogP contribution < -0.4 is 0 Å². The van der Waals surface area contributed by atoms with E-state index in [0.717, 1.165) is 29.7 Å². The minimum absolute atomic E-state index is 0.0161. The van der Waals surface area contributed by atoms with Gasteiger partial charge in [-0.15, -0.1) is 11.3 Å². The number of hydrogen-bond donors (Lipinski definition) is 0. The van der Waals surface area contributed by atoms with Gasteiger partial charge < -0.3 is 4.90 Å². The number of amides is 1. The number of nitrogens with zero attached hydrogens (tertiary/aromatic N) is 2. The van der Waals surface area contributed by atoms with Crippen molar-refractivity contribution in [3.05, 3.63) is 52.9 Å². The number of piperidine rings is 1. The molecule has 3 rings (SSSR count). The second-order valence-corrected chi connectivity index (χ2v) is 9.93. The number of benzene rings is 1. The Hall–Kier alpha value is -1.70. The molecule has 0 radical (unpaired) electrons. The third kappa shape index (κ3) is 4.52. The maximum atomic E-state index is 12.7. The normalized spacial score (nSPS) is 15.7. The highest BCUT2D eigenvalue weighted by Gasteiger charge is 2.27. The molecule has 0 saturated carbocycles. The van der Waals surface area contributed by atoms with Gasteiger partial charge in [0.05, 0.1) is 6.42 Å². The number of likely N-dealkylation sites (N-methyl/N-ethyl adjacent to an activating group) is 1. The van der Waals surface area contributed by atoms with Crippen LogP contribution in [0.3, 0.4) is 0 Å². The summed E-state index contributed by atoms with van der Waals surface area (Å²) in [4.78, 5) is 14.9. The third-order valence-electron chi connectivity index (χ3n) is 4.56. The summed E-state index contributed by atoms with van der Waals surface area (Å²) in [7, 11) is -1.65. The molecule has 5 nitrogen and oxygen atoms in total. The molecule has 2 aromatic rings. The fourth-order valence-corrected chi connectivity index (χ4v) is 6.07. The molecular formula is C19H24N2O3S2. The van der Waals surface area contributed by atoms with E-state index in [4.69, 9.17) is 0 Å². The molecule has 1 aromatic carbocycles. The van der Waals surface area contributed by atoms with E-state index in [1.54, 1.807) is 28.4 Å². The van der Waals surface area contributed by atoms with Gasteiger partial charge in [0.1, 0.15) is 4.21 Å². The summed E-state index contributed by atoms with van der Waals surface area (Å²) in [6.45, 7) is 1.73. The van der Waals surface area contributed by atoms with E-state index < -0.39 is 10.0 Å². The zero-order valence-electron chi connectivity index (χ0n) is 14.9. The van der Waals surface area contributed by atoms with Crippen molar-refractivity contribution in [2.75, 3.05) is 20.1 Å². The van der Waals surface area contributed by atoms with Gasteiger partial charge in [0.2, 0.25) is 5.91 Å². The Morgan fingerprint density at radius 1 is 1.08 bits per heavy atom. The molecule has 0 atom stereocenters. The van der Waals surface area contributed by atoms with Crippen LogP contribution in [0.5, 0.6) is 0 Å². The van der Waals surface area contributed by atoms with Crippen molar-refractivity contribution in [3.8, 4) is 0 Å². The third-order valence-corrected chi connectivity index (χ3v) is 8.01. The van der Waals surface area contributed by atoms with Gasteiger partial charge in [-0.1, -0.05) is 36.8 Å². The molecule has 1 fully saturated rings. The fraction of sp³-hybridized carbons (Fsp3) is 0.421. The number of thiophene rings is 1. The summed E-state index contributed by atoms with van der Waals surface area (Å²) in [5, 5.41) is 0. The number of rotatable bonds is 6. The predicted octanol–water partition coefficient (Wildman–Crippen LogP) is 3.12. The fourth-order valence-electron chi connectivity index (χ4n) is 3.05. The van der Waals surface area contributed by atoms with Crippen molar-refractivity contribution in [2.45, 2.75) is 36.4 Å². The summed E-state index contributed by atoms with van der Waals surface area (Å²) >= 11 is 1.21. The largest absolute Gasteiger partial charge is 0.341 e. The molecular weight excluding hydrogens is 368 g/mol. The molecule has 0 unspecified atom stereocenters. The van der Waals surface area contributed by atoms with Crippen LogP contribution in [0.25, 0.3) is 0 Å². The molecule has 1 aliphatic heterocycles. The maximum absolute atomic E-state index is 12.7. The van der Waals surface area contributed by atoms with E-state index in [1.807, 2.05) is 30.3 Å². The minimum atomic E-state index is -3.42. The monoisotopic (exact) mass is 392 g/mol. The lowest BCUT2D eigenvalue weighted by atomic mass is 10.2. The van der Waals surface area contributed by atoms with Gasteiger partial charge in [0.25, 0.3) is 10.0 Å².